The number of amides is 1. The Morgan fingerprint density at radius 3 is 2.39 bits per heavy atom. The Kier molecular flexibility index (Phi) is 5.95. The number of hydrogen-bond acceptors (Lipinski definition) is 5. The summed E-state index contributed by atoms with van der Waals surface area (Å²) in [6.07, 6.45) is 1.86. The van der Waals surface area contributed by atoms with E-state index in [0.717, 1.165) is 6.42 Å². The maximum Gasteiger partial charge on any atom is 0.365 e. The SMILES string of the molecule is COc1ccc(C(=O)O/N=C2\CC3(C(=O)Nc4cc(Cl)ccc4Cl)CCC2(C)C3(C)C)cc1. The van der Waals surface area contributed by atoms with E-state index in [1.54, 1.807) is 49.6 Å². The van der Waals surface area contributed by atoms with Crippen LogP contribution in [0.5, 0.6) is 5.75 Å². The molecule has 2 atom stereocenters. The highest BCUT2D eigenvalue weighted by molar-refractivity contribution is 6.35. The number of anilines is 1. The first-order valence-corrected chi connectivity index (χ1v) is 11.5. The summed E-state index contributed by atoms with van der Waals surface area (Å²) in [5.74, 6) is -0.0430. The minimum atomic E-state index is -0.710. The fraction of sp³-hybridized carbons (Fsp3) is 0.400. The number of ether oxygens (including phenoxy) is 1. The molecule has 0 saturated heterocycles. The van der Waals surface area contributed by atoms with Crippen LogP contribution in [0.3, 0.4) is 0 Å². The second kappa shape index (κ2) is 8.33. The van der Waals surface area contributed by atoms with Crippen molar-refractivity contribution in [1.82, 2.24) is 0 Å². The topological polar surface area (TPSA) is 77.0 Å². The number of hydrogen-bond donors (Lipinski definition) is 1. The van der Waals surface area contributed by atoms with Gasteiger partial charge in [0.2, 0.25) is 5.91 Å². The molecule has 2 aliphatic carbocycles. The van der Waals surface area contributed by atoms with Crippen LogP contribution in [0.25, 0.3) is 0 Å². The van der Waals surface area contributed by atoms with E-state index in [2.05, 4.69) is 31.2 Å². The van der Waals surface area contributed by atoms with Gasteiger partial charge >= 0.3 is 5.97 Å². The van der Waals surface area contributed by atoms with E-state index in [9.17, 15) is 9.59 Å². The number of carbonyl (C=O) groups excluding carboxylic acids is 2. The maximum absolute atomic E-state index is 13.6. The summed E-state index contributed by atoms with van der Waals surface area (Å²) in [7, 11) is 1.56. The highest BCUT2D eigenvalue weighted by Gasteiger charge is 2.71. The van der Waals surface area contributed by atoms with Crippen molar-refractivity contribution in [2.24, 2.45) is 21.4 Å². The summed E-state index contributed by atoms with van der Waals surface area (Å²) in [4.78, 5) is 31.4. The molecule has 2 fully saturated rings. The lowest BCUT2D eigenvalue weighted by atomic mass is 9.64. The Hall–Kier alpha value is -2.57. The quantitative estimate of drug-likeness (QED) is 0.391. The maximum atomic E-state index is 13.6. The molecule has 2 unspecified atom stereocenters. The lowest BCUT2D eigenvalue weighted by molar-refractivity contribution is -0.130. The number of benzene rings is 2. The zero-order valence-electron chi connectivity index (χ0n) is 19.0. The number of rotatable bonds is 5. The second-order valence-corrected chi connectivity index (χ2v) is 10.3. The fourth-order valence-corrected chi connectivity index (χ4v) is 5.57. The standard InChI is InChI=1S/C25H26Cl2N2O4/c1-23(2)24(3)11-12-25(23,22(31)28-19-13-16(26)7-10-18(19)27)14-20(24)29-33-21(30)15-5-8-17(32-4)9-6-15/h5-10,13H,11-12,14H2,1-4H3,(H,28,31)/b29-20+. The van der Waals surface area contributed by atoms with E-state index in [0.29, 0.717) is 45.6 Å². The molecular weight excluding hydrogens is 463 g/mol. The van der Waals surface area contributed by atoms with Crippen molar-refractivity contribution in [3.05, 3.63) is 58.1 Å². The van der Waals surface area contributed by atoms with Gasteiger partial charge in [-0.05, 0) is 60.7 Å². The molecule has 4 rings (SSSR count). The highest BCUT2D eigenvalue weighted by atomic mass is 35.5. The lowest BCUT2D eigenvalue weighted by Crippen LogP contribution is -2.43. The van der Waals surface area contributed by atoms with E-state index in [4.69, 9.17) is 32.8 Å². The molecule has 0 aromatic heterocycles. The molecule has 0 spiro atoms. The van der Waals surface area contributed by atoms with Gasteiger partial charge in [-0.1, -0.05) is 49.1 Å². The molecule has 0 heterocycles. The van der Waals surface area contributed by atoms with Gasteiger partial charge in [-0.15, -0.1) is 0 Å². The summed E-state index contributed by atoms with van der Waals surface area (Å²) in [6.45, 7) is 6.24. The smallest absolute Gasteiger partial charge is 0.365 e. The molecule has 8 heteroatoms. The molecule has 2 aromatic rings. The average molecular weight is 489 g/mol. The average Bonchev–Trinajstić information content (AvgIpc) is 3.10. The van der Waals surface area contributed by atoms with Crippen molar-refractivity contribution in [3.63, 3.8) is 0 Å². The molecule has 174 valence electrons. The Morgan fingerprint density at radius 1 is 1.03 bits per heavy atom. The summed E-state index contributed by atoms with van der Waals surface area (Å²) in [6, 6.07) is 11.6. The molecule has 1 N–H and O–H groups in total. The molecule has 2 saturated carbocycles. The van der Waals surface area contributed by atoms with Crippen LogP contribution in [0.2, 0.25) is 10.0 Å². The summed E-state index contributed by atoms with van der Waals surface area (Å²) in [5, 5.41) is 8.15. The summed E-state index contributed by atoms with van der Waals surface area (Å²) >= 11 is 12.4. The zero-order chi connectivity index (χ0) is 24.0. The van der Waals surface area contributed by atoms with Crippen LogP contribution in [-0.2, 0) is 9.63 Å². The first kappa shape index (κ1) is 23.6. The van der Waals surface area contributed by atoms with Gasteiger partial charge in [-0.2, -0.15) is 0 Å². The Labute approximate surface area is 203 Å². The van der Waals surface area contributed by atoms with E-state index in [1.807, 2.05) is 0 Å². The zero-order valence-corrected chi connectivity index (χ0v) is 20.5. The highest BCUT2D eigenvalue weighted by Crippen LogP contribution is 2.71. The van der Waals surface area contributed by atoms with Gasteiger partial charge < -0.3 is 14.9 Å². The molecule has 0 radical (unpaired) electrons. The third-order valence-electron chi connectivity index (χ3n) is 7.91. The third-order valence-corrected chi connectivity index (χ3v) is 8.47. The first-order chi connectivity index (χ1) is 15.5. The van der Waals surface area contributed by atoms with Gasteiger partial charge in [0, 0.05) is 16.9 Å². The van der Waals surface area contributed by atoms with E-state index in [1.165, 1.54) is 0 Å². The monoisotopic (exact) mass is 488 g/mol. The van der Waals surface area contributed by atoms with Gasteiger partial charge in [-0.25, -0.2) is 4.79 Å². The van der Waals surface area contributed by atoms with Gasteiger partial charge in [0.05, 0.1) is 34.5 Å². The number of halogens is 2. The van der Waals surface area contributed by atoms with Crippen molar-refractivity contribution in [2.45, 2.75) is 40.0 Å². The van der Waals surface area contributed by atoms with E-state index >= 15 is 0 Å². The molecule has 33 heavy (non-hydrogen) atoms. The number of carbonyl (C=O) groups is 2. The largest absolute Gasteiger partial charge is 0.497 e. The predicted octanol–water partition coefficient (Wildman–Crippen LogP) is 6.37. The normalized spacial score (nSPS) is 26.3. The van der Waals surface area contributed by atoms with Crippen LogP contribution in [-0.4, -0.2) is 24.7 Å². The minimum Gasteiger partial charge on any atom is -0.497 e. The predicted molar refractivity (Wildman–Crippen MR) is 129 cm³/mol. The summed E-state index contributed by atoms with van der Waals surface area (Å²) in [5.41, 5.74) is 0.0509. The molecule has 2 bridgehead atoms. The van der Waals surface area contributed by atoms with Gasteiger partial charge in [0.15, 0.2) is 0 Å². The van der Waals surface area contributed by atoms with Crippen molar-refractivity contribution < 1.29 is 19.2 Å². The molecule has 2 aromatic carbocycles. The number of methoxy groups -OCH3 is 1. The molecule has 2 aliphatic rings. The van der Waals surface area contributed by atoms with E-state index in [-0.39, 0.29) is 11.3 Å². The Balaban J connectivity index is 1.58. The summed E-state index contributed by atoms with van der Waals surface area (Å²) < 4.78 is 5.12. The van der Waals surface area contributed by atoms with Gasteiger partial charge in [-0.3, -0.25) is 4.79 Å². The van der Waals surface area contributed by atoms with Crippen LogP contribution < -0.4 is 10.1 Å². The van der Waals surface area contributed by atoms with Crippen LogP contribution in [0.4, 0.5) is 5.69 Å². The lowest BCUT2D eigenvalue weighted by Gasteiger charge is -2.39. The van der Waals surface area contributed by atoms with Crippen LogP contribution in [0, 0.1) is 16.2 Å². The number of fused-ring (bicyclic) bond motifs is 2. The molecule has 1 amide bonds. The molecule has 6 nitrogen and oxygen atoms in total. The van der Waals surface area contributed by atoms with Gasteiger partial charge in [0.1, 0.15) is 5.75 Å². The van der Waals surface area contributed by atoms with Crippen molar-refractivity contribution >= 4 is 46.5 Å². The fourth-order valence-electron chi connectivity index (χ4n) is 5.23. The Bertz CT molecular complexity index is 1150. The van der Waals surface area contributed by atoms with Crippen molar-refractivity contribution in [2.75, 3.05) is 12.4 Å². The van der Waals surface area contributed by atoms with Crippen LogP contribution in [0.15, 0.2) is 47.6 Å². The molecular formula is C25H26Cl2N2O4. The number of nitrogens with zero attached hydrogens (tertiary/aromatic N) is 1. The van der Waals surface area contributed by atoms with Crippen LogP contribution >= 0.6 is 23.2 Å². The minimum absolute atomic E-state index is 0.132. The second-order valence-electron chi connectivity index (χ2n) is 9.44. The van der Waals surface area contributed by atoms with Crippen molar-refractivity contribution in [3.8, 4) is 5.75 Å². The Morgan fingerprint density at radius 2 is 1.73 bits per heavy atom. The third kappa shape index (κ3) is 3.69. The molecule has 0 aliphatic heterocycles. The van der Waals surface area contributed by atoms with Gasteiger partial charge in [0.25, 0.3) is 0 Å². The van der Waals surface area contributed by atoms with Crippen LogP contribution in [0.1, 0.15) is 50.4 Å². The first-order valence-electron chi connectivity index (χ1n) is 10.7. The number of nitrogens with one attached hydrogen (secondary N) is 1. The van der Waals surface area contributed by atoms with Crippen molar-refractivity contribution in [1.29, 1.82) is 0 Å². The number of oxime groups is 1. The van der Waals surface area contributed by atoms with E-state index < -0.39 is 16.8 Å².